The van der Waals surface area contributed by atoms with Gasteiger partial charge in [-0.1, -0.05) is 17.6 Å². The van der Waals surface area contributed by atoms with Gasteiger partial charge in [0, 0.05) is 11.6 Å². The van der Waals surface area contributed by atoms with Crippen molar-refractivity contribution in [2.24, 2.45) is 5.10 Å². The first-order valence-electron chi connectivity index (χ1n) is 8.02. The van der Waals surface area contributed by atoms with Gasteiger partial charge in [-0.2, -0.15) is 5.10 Å². The van der Waals surface area contributed by atoms with Crippen molar-refractivity contribution in [1.82, 2.24) is 10.9 Å². The Morgan fingerprint density at radius 1 is 1.19 bits per heavy atom. The fourth-order valence-corrected chi connectivity index (χ4v) is 2.42. The molecule has 0 radical (unpaired) electrons. The molecule has 2 amide bonds. The molecule has 9 heteroatoms. The zero-order valence-corrected chi connectivity index (χ0v) is 14.4. The van der Waals surface area contributed by atoms with E-state index in [1.165, 1.54) is 17.8 Å². The van der Waals surface area contributed by atoms with E-state index in [1.54, 1.807) is 30.3 Å². The number of nitrogens with zero attached hydrogens (tertiary/aromatic N) is 1. The van der Waals surface area contributed by atoms with Gasteiger partial charge in [-0.25, -0.2) is 10.9 Å². The summed E-state index contributed by atoms with van der Waals surface area (Å²) in [7, 11) is 1.91. The highest BCUT2D eigenvalue weighted by molar-refractivity contribution is 6.35. The molecule has 8 nitrogen and oxygen atoms in total. The van der Waals surface area contributed by atoms with Crippen LogP contribution in [0.15, 0.2) is 47.6 Å². The van der Waals surface area contributed by atoms with Crippen molar-refractivity contribution in [3.8, 4) is 11.5 Å². The van der Waals surface area contributed by atoms with Crippen LogP contribution in [-0.4, -0.2) is 37.9 Å². The highest BCUT2D eigenvalue weighted by atomic mass is 16.7. The van der Waals surface area contributed by atoms with E-state index in [9.17, 15) is 9.59 Å². The maximum absolute atomic E-state index is 12.2. The standard InChI is InChI=1S/C18H16BN3O5/c19-14-8-16-15(26-10-27-16)7-13(14)9-20-21-18(24)12-3-1-2-11(6-12)4-5-17(23)22-25/h1-9,25H,10,19H2,(H,21,24)(H,22,23)/b5-4+,20-9+. The van der Waals surface area contributed by atoms with Crippen LogP contribution in [0.25, 0.3) is 6.08 Å². The smallest absolute Gasteiger partial charge is 0.271 e. The van der Waals surface area contributed by atoms with Crippen molar-refractivity contribution < 1.29 is 24.3 Å². The molecule has 0 aliphatic carbocycles. The maximum Gasteiger partial charge on any atom is 0.271 e. The van der Waals surface area contributed by atoms with Crippen LogP contribution < -0.4 is 25.8 Å². The van der Waals surface area contributed by atoms with Gasteiger partial charge in [0.05, 0.1) is 6.21 Å². The number of hydroxylamine groups is 1. The molecule has 27 heavy (non-hydrogen) atoms. The number of carbonyl (C=O) groups excluding carboxylic acids is 2. The molecule has 0 unspecified atom stereocenters. The SMILES string of the molecule is Bc1cc2c(cc1/C=N/NC(=O)c1cccc(/C=C/C(=O)NO)c1)OCO2. The van der Waals surface area contributed by atoms with Crippen LogP contribution in [0.3, 0.4) is 0 Å². The second-order valence-electron chi connectivity index (χ2n) is 5.70. The third-order valence-corrected chi connectivity index (χ3v) is 3.82. The third-order valence-electron chi connectivity index (χ3n) is 3.82. The summed E-state index contributed by atoms with van der Waals surface area (Å²) in [5.41, 5.74) is 6.69. The first-order chi connectivity index (χ1) is 13.1. The summed E-state index contributed by atoms with van der Waals surface area (Å²) in [6, 6.07) is 10.3. The molecule has 0 atom stereocenters. The molecule has 0 saturated heterocycles. The van der Waals surface area contributed by atoms with E-state index >= 15 is 0 Å². The molecule has 1 heterocycles. The number of hydrogen-bond donors (Lipinski definition) is 3. The number of hydrogen-bond acceptors (Lipinski definition) is 6. The minimum absolute atomic E-state index is 0.191. The highest BCUT2D eigenvalue weighted by Gasteiger charge is 2.14. The largest absolute Gasteiger partial charge is 0.454 e. The Labute approximate surface area is 155 Å². The number of hydrazone groups is 1. The molecule has 0 bridgehead atoms. The molecular formula is C18H16BN3O5. The number of amides is 2. The van der Waals surface area contributed by atoms with E-state index in [-0.39, 0.29) is 6.79 Å². The lowest BCUT2D eigenvalue weighted by atomic mass is 9.90. The quantitative estimate of drug-likeness (QED) is 0.226. The first-order valence-corrected chi connectivity index (χ1v) is 8.02. The van der Waals surface area contributed by atoms with Crippen LogP contribution in [0.1, 0.15) is 21.5 Å². The van der Waals surface area contributed by atoms with Gasteiger partial charge in [0.15, 0.2) is 11.5 Å². The van der Waals surface area contributed by atoms with Crippen molar-refractivity contribution >= 4 is 37.4 Å². The van der Waals surface area contributed by atoms with E-state index < -0.39 is 11.8 Å². The molecule has 1 aliphatic heterocycles. The Morgan fingerprint density at radius 3 is 2.74 bits per heavy atom. The number of fused-ring (bicyclic) bond motifs is 1. The van der Waals surface area contributed by atoms with Crippen LogP contribution in [0.5, 0.6) is 11.5 Å². The molecule has 1 aliphatic rings. The molecule has 0 fully saturated rings. The molecule has 2 aromatic carbocycles. The molecule has 3 rings (SSSR count). The van der Waals surface area contributed by atoms with Gasteiger partial charge >= 0.3 is 0 Å². The molecule has 2 aromatic rings. The Hall–Kier alpha value is -3.59. The van der Waals surface area contributed by atoms with Gasteiger partial charge in [0.1, 0.15) is 7.85 Å². The second-order valence-corrected chi connectivity index (χ2v) is 5.70. The number of carbonyl (C=O) groups is 2. The topological polar surface area (TPSA) is 109 Å². The minimum Gasteiger partial charge on any atom is -0.454 e. The number of nitrogens with one attached hydrogen (secondary N) is 2. The molecule has 0 aromatic heterocycles. The van der Waals surface area contributed by atoms with E-state index in [2.05, 4.69) is 10.5 Å². The molecular weight excluding hydrogens is 349 g/mol. The van der Waals surface area contributed by atoms with Crippen molar-refractivity contribution in [3.05, 3.63) is 59.2 Å². The average Bonchev–Trinajstić information content (AvgIpc) is 3.13. The fraction of sp³-hybridized carbons (Fsp3) is 0.0556. The number of benzene rings is 2. The zero-order chi connectivity index (χ0) is 19.2. The number of ether oxygens (including phenoxy) is 2. The van der Waals surface area contributed by atoms with Gasteiger partial charge in [0.25, 0.3) is 11.8 Å². The van der Waals surface area contributed by atoms with E-state index in [1.807, 2.05) is 13.9 Å². The first kappa shape index (κ1) is 18.2. The van der Waals surface area contributed by atoms with Crippen LogP contribution in [0.2, 0.25) is 0 Å². The Bertz CT molecular complexity index is 943. The van der Waals surface area contributed by atoms with Gasteiger partial charge in [-0.15, -0.1) is 0 Å². The highest BCUT2D eigenvalue weighted by Crippen LogP contribution is 2.30. The predicted octanol–water partition coefficient (Wildman–Crippen LogP) is -0.0438. The normalized spacial score (nSPS) is 12.5. The Morgan fingerprint density at radius 2 is 1.96 bits per heavy atom. The summed E-state index contributed by atoms with van der Waals surface area (Å²) in [5.74, 6) is 0.272. The van der Waals surface area contributed by atoms with Crippen LogP contribution in [0.4, 0.5) is 0 Å². The van der Waals surface area contributed by atoms with Gasteiger partial charge < -0.3 is 9.47 Å². The molecule has 0 saturated carbocycles. The zero-order valence-electron chi connectivity index (χ0n) is 14.4. The predicted molar refractivity (Wildman–Crippen MR) is 101 cm³/mol. The summed E-state index contributed by atoms with van der Waals surface area (Å²) in [5, 5.41) is 12.5. The van der Waals surface area contributed by atoms with Crippen LogP contribution >= 0.6 is 0 Å². The lowest BCUT2D eigenvalue weighted by molar-refractivity contribution is -0.124. The lowest BCUT2D eigenvalue weighted by Crippen LogP contribution is -2.19. The van der Waals surface area contributed by atoms with E-state index in [0.717, 1.165) is 17.1 Å². The maximum atomic E-state index is 12.2. The molecule has 3 N–H and O–H groups in total. The summed E-state index contributed by atoms with van der Waals surface area (Å²) in [6.07, 6.45) is 4.16. The average molecular weight is 365 g/mol. The molecule has 0 spiro atoms. The summed E-state index contributed by atoms with van der Waals surface area (Å²) in [6.45, 7) is 0.191. The van der Waals surface area contributed by atoms with Gasteiger partial charge in [-0.3, -0.25) is 14.8 Å². The Balaban J connectivity index is 1.67. The van der Waals surface area contributed by atoms with Crippen molar-refractivity contribution in [2.75, 3.05) is 6.79 Å². The minimum atomic E-state index is -0.659. The second kappa shape index (κ2) is 8.20. The fourth-order valence-electron chi connectivity index (χ4n) is 2.42. The van der Waals surface area contributed by atoms with Gasteiger partial charge in [0.2, 0.25) is 6.79 Å². The van der Waals surface area contributed by atoms with Crippen molar-refractivity contribution in [2.45, 2.75) is 0 Å². The lowest BCUT2D eigenvalue weighted by Gasteiger charge is -2.04. The van der Waals surface area contributed by atoms with Crippen molar-refractivity contribution in [3.63, 3.8) is 0 Å². The summed E-state index contributed by atoms with van der Waals surface area (Å²) in [4.78, 5) is 23.3. The van der Waals surface area contributed by atoms with Crippen LogP contribution in [-0.2, 0) is 4.79 Å². The summed E-state index contributed by atoms with van der Waals surface area (Å²) >= 11 is 0. The van der Waals surface area contributed by atoms with Crippen molar-refractivity contribution in [1.29, 1.82) is 0 Å². The number of rotatable bonds is 5. The van der Waals surface area contributed by atoms with Gasteiger partial charge in [-0.05, 0) is 41.5 Å². The molecule has 136 valence electrons. The van der Waals surface area contributed by atoms with E-state index in [0.29, 0.717) is 22.6 Å². The third kappa shape index (κ3) is 4.53. The summed E-state index contributed by atoms with van der Waals surface area (Å²) < 4.78 is 10.6. The monoisotopic (exact) mass is 365 g/mol. The van der Waals surface area contributed by atoms with E-state index in [4.69, 9.17) is 14.7 Å². The van der Waals surface area contributed by atoms with Crippen LogP contribution in [0, 0.1) is 0 Å². The Kier molecular flexibility index (Phi) is 5.53.